The van der Waals surface area contributed by atoms with Crippen molar-refractivity contribution in [2.75, 3.05) is 0 Å². The van der Waals surface area contributed by atoms with E-state index in [4.69, 9.17) is 4.74 Å². The maximum atomic E-state index is 6.08. The largest absolute Gasteiger partial charge is 0.457 e. The lowest BCUT2D eigenvalue weighted by molar-refractivity contribution is 0.458. The molecule has 0 N–H and O–H groups in total. The minimum atomic E-state index is 0.674. The molecule has 0 aliphatic carbocycles. The monoisotopic (exact) mass is 252 g/mol. The minimum absolute atomic E-state index is 0.674. The lowest BCUT2D eigenvalue weighted by Gasteiger charge is -2.23. The maximum Gasteiger partial charge on any atom is 0.131 e. The Balaban J connectivity index is 2.01. The fraction of sp³-hybridized carbons (Fsp3) is 0.333. The van der Waals surface area contributed by atoms with Crippen molar-refractivity contribution < 1.29 is 4.74 Å². The molecule has 0 radical (unpaired) electrons. The highest BCUT2D eigenvalue weighted by Gasteiger charge is 2.19. The number of para-hydroxylation sites is 1. The van der Waals surface area contributed by atoms with Gasteiger partial charge in [0.25, 0.3) is 0 Å². The van der Waals surface area contributed by atoms with Crippen LogP contribution in [-0.4, -0.2) is 0 Å². The first-order valence-corrected chi connectivity index (χ1v) is 7.01. The predicted molar refractivity (Wildman–Crippen MR) is 79.0 cm³/mol. The summed E-state index contributed by atoms with van der Waals surface area (Å²) in [6.45, 7) is 6.70. The Hall–Kier alpha value is -1.76. The third kappa shape index (κ3) is 2.37. The van der Waals surface area contributed by atoms with E-state index in [1.165, 1.54) is 22.3 Å². The van der Waals surface area contributed by atoms with Gasteiger partial charge in [0.2, 0.25) is 0 Å². The number of hydrogen-bond acceptors (Lipinski definition) is 1. The van der Waals surface area contributed by atoms with E-state index >= 15 is 0 Å². The molecule has 98 valence electrons. The standard InChI is InChI=1S/C18H20O/c1-12(2)8-14-9-13(3)16-11-15-6-4-5-7-17(15)19-18(16)10-14/h4-7,9-10,12H,8,11H2,1-3H3. The summed E-state index contributed by atoms with van der Waals surface area (Å²) in [6.07, 6.45) is 2.10. The van der Waals surface area contributed by atoms with Crippen LogP contribution in [0.1, 0.15) is 36.1 Å². The first-order valence-electron chi connectivity index (χ1n) is 7.01. The molecule has 0 saturated carbocycles. The summed E-state index contributed by atoms with van der Waals surface area (Å²) >= 11 is 0. The van der Waals surface area contributed by atoms with Gasteiger partial charge >= 0.3 is 0 Å². The fourth-order valence-corrected chi connectivity index (χ4v) is 2.82. The molecule has 0 unspecified atom stereocenters. The number of fused-ring (bicyclic) bond motifs is 2. The van der Waals surface area contributed by atoms with Crippen LogP contribution in [0.5, 0.6) is 11.5 Å². The number of ether oxygens (including phenoxy) is 1. The summed E-state index contributed by atoms with van der Waals surface area (Å²) in [4.78, 5) is 0. The fourth-order valence-electron chi connectivity index (χ4n) is 2.82. The quantitative estimate of drug-likeness (QED) is 0.631. The number of aryl methyl sites for hydroxylation is 1. The molecule has 3 rings (SSSR count). The van der Waals surface area contributed by atoms with Crippen LogP contribution in [0.25, 0.3) is 0 Å². The third-order valence-corrected chi connectivity index (χ3v) is 3.70. The highest BCUT2D eigenvalue weighted by atomic mass is 16.5. The molecular weight excluding hydrogens is 232 g/mol. The predicted octanol–water partition coefficient (Wildman–Crippen LogP) is 4.89. The molecule has 0 spiro atoms. The smallest absolute Gasteiger partial charge is 0.131 e. The maximum absolute atomic E-state index is 6.08. The minimum Gasteiger partial charge on any atom is -0.457 e. The highest BCUT2D eigenvalue weighted by Crippen LogP contribution is 2.38. The Labute approximate surface area is 115 Å². The van der Waals surface area contributed by atoms with Gasteiger partial charge in [-0.15, -0.1) is 0 Å². The summed E-state index contributed by atoms with van der Waals surface area (Å²) in [7, 11) is 0. The van der Waals surface area contributed by atoms with Crippen LogP contribution in [-0.2, 0) is 12.8 Å². The molecule has 1 nitrogen and oxygen atoms in total. The molecule has 2 aromatic carbocycles. The molecular formula is C18H20O. The van der Waals surface area contributed by atoms with Crippen LogP contribution >= 0.6 is 0 Å². The van der Waals surface area contributed by atoms with E-state index in [1.54, 1.807) is 0 Å². The van der Waals surface area contributed by atoms with Crippen LogP contribution < -0.4 is 4.74 Å². The molecule has 1 aliphatic heterocycles. The molecule has 0 saturated heterocycles. The molecule has 1 heterocycles. The van der Waals surface area contributed by atoms with Gasteiger partial charge < -0.3 is 4.74 Å². The SMILES string of the molecule is Cc1cc(CC(C)C)cc2c1Cc1ccccc1O2. The Bertz CT molecular complexity index is 611. The van der Waals surface area contributed by atoms with Gasteiger partial charge in [-0.3, -0.25) is 0 Å². The second kappa shape index (κ2) is 4.73. The van der Waals surface area contributed by atoms with Gasteiger partial charge in [0, 0.05) is 12.0 Å². The van der Waals surface area contributed by atoms with Crippen molar-refractivity contribution in [3.05, 3.63) is 58.7 Å². The Morgan fingerprint density at radius 1 is 1.11 bits per heavy atom. The normalized spacial score (nSPS) is 12.8. The summed E-state index contributed by atoms with van der Waals surface area (Å²) in [6, 6.07) is 12.9. The van der Waals surface area contributed by atoms with Crippen molar-refractivity contribution in [1.29, 1.82) is 0 Å². The van der Waals surface area contributed by atoms with Crippen molar-refractivity contribution in [3.63, 3.8) is 0 Å². The molecule has 19 heavy (non-hydrogen) atoms. The second-order valence-electron chi connectivity index (χ2n) is 5.87. The molecule has 1 heteroatoms. The Kier molecular flexibility index (Phi) is 3.06. The van der Waals surface area contributed by atoms with Gasteiger partial charge in [-0.2, -0.15) is 0 Å². The van der Waals surface area contributed by atoms with Crippen molar-refractivity contribution in [1.82, 2.24) is 0 Å². The van der Waals surface area contributed by atoms with Crippen molar-refractivity contribution >= 4 is 0 Å². The van der Waals surface area contributed by atoms with Gasteiger partial charge in [-0.25, -0.2) is 0 Å². The van der Waals surface area contributed by atoms with E-state index in [2.05, 4.69) is 51.1 Å². The van der Waals surface area contributed by atoms with Gasteiger partial charge in [-0.1, -0.05) is 38.1 Å². The van der Waals surface area contributed by atoms with Crippen LogP contribution in [0.2, 0.25) is 0 Å². The zero-order chi connectivity index (χ0) is 13.4. The summed E-state index contributed by atoms with van der Waals surface area (Å²) in [5.41, 5.74) is 5.36. The molecule has 0 amide bonds. The first kappa shape index (κ1) is 12.3. The summed E-state index contributed by atoms with van der Waals surface area (Å²) < 4.78 is 6.08. The third-order valence-electron chi connectivity index (χ3n) is 3.70. The van der Waals surface area contributed by atoms with Crippen molar-refractivity contribution in [2.45, 2.75) is 33.6 Å². The average Bonchev–Trinajstić information content (AvgIpc) is 2.36. The van der Waals surface area contributed by atoms with Crippen LogP contribution in [0.3, 0.4) is 0 Å². The molecule has 0 aromatic heterocycles. The van der Waals surface area contributed by atoms with Crippen LogP contribution in [0.15, 0.2) is 36.4 Å². The molecule has 1 aliphatic rings. The molecule has 2 aromatic rings. The number of hydrogen-bond donors (Lipinski definition) is 0. The number of benzene rings is 2. The van der Waals surface area contributed by atoms with Gasteiger partial charge in [0.15, 0.2) is 0 Å². The first-order chi connectivity index (χ1) is 9.13. The zero-order valence-electron chi connectivity index (χ0n) is 11.9. The lowest BCUT2D eigenvalue weighted by atomic mass is 9.92. The van der Waals surface area contributed by atoms with Crippen molar-refractivity contribution in [3.8, 4) is 11.5 Å². The second-order valence-corrected chi connectivity index (χ2v) is 5.87. The van der Waals surface area contributed by atoms with E-state index < -0.39 is 0 Å². The van der Waals surface area contributed by atoms with Crippen molar-refractivity contribution in [2.24, 2.45) is 5.92 Å². The zero-order valence-corrected chi connectivity index (χ0v) is 11.9. The van der Waals surface area contributed by atoms with Gasteiger partial charge in [0.05, 0.1) is 0 Å². The van der Waals surface area contributed by atoms with E-state index in [-0.39, 0.29) is 0 Å². The van der Waals surface area contributed by atoms with Crippen LogP contribution in [0.4, 0.5) is 0 Å². The van der Waals surface area contributed by atoms with Gasteiger partial charge in [0.1, 0.15) is 11.5 Å². The Morgan fingerprint density at radius 3 is 2.68 bits per heavy atom. The topological polar surface area (TPSA) is 9.23 Å². The average molecular weight is 252 g/mol. The highest BCUT2D eigenvalue weighted by molar-refractivity contribution is 5.53. The lowest BCUT2D eigenvalue weighted by Crippen LogP contribution is -2.06. The van der Waals surface area contributed by atoms with E-state index in [1.807, 2.05) is 6.07 Å². The summed E-state index contributed by atoms with van der Waals surface area (Å²) in [5, 5.41) is 0. The summed E-state index contributed by atoms with van der Waals surface area (Å²) in [5.74, 6) is 2.73. The molecule has 0 fully saturated rings. The van der Waals surface area contributed by atoms with E-state index in [0.29, 0.717) is 5.92 Å². The van der Waals surface area contributed by atoms with E-state index in [9.17, 15) is 0 Å². The Morgan fingerprint density at radius 2 is 1.89 bits per heavy atom. The van der Waals surface area contributed by atoms with E-state index in [0.717, 1.165) is 24.3 Å². The number of rotatable bonds is 2. The van der Waals surface area contributed by atoms with Gasteiger partial charge in [-0.05, 0) is 48.1 Å². The van der Waals surface area contributed by atoms with Crippen LogP contribution in [0, 0.1) is 12.8 Å². The molecule has 0 bridgehead atoms. The molecule has 0 atom stereocenters.